The summed E-state index contributed by atoms with van der Waals surface area (Å²) in [6, 6.07) is 10.9. The highest BCUT2D eigenvalue weighted by Gasteiger charge is 2.74. The Kier molecular flexibility index (Phi) is 4.81. The molecule has 1 fully saturated rings. The number of carbonyl (C=O) groups is 1. The predicted molar refractivity (Wildman–Crippen MR) is 95.1 cm³/mol. The van der Waals surface area contributed by atoms with Gasteiger partial charge in [0.15, 0.2) is 9.84 Å². The zero-order valence-corrected chi connectivity index (χ0v) is 15.4. The maximum atomic E-state index is 13.2. The van der Waals surface area contributed by atoms with E-state index in [-0.39, 0.29) is 11.5 Å². The summed E-state index contributed by atoms with van der Waals surface area (Å²) in [5, 5.41) is -0.820. The summed E-state index contributed by atoms with van der Waals surface area (Å²) in [5.74, 6) is -2.09. The Hall–Kier alpha value is -1.96. The van der Waals surface area contributed by atoms with Crippen LogP contribution in [0.15, 0.2) is 53.4 Å². The Bertz CT molecular complexity index is 931. The third-order valence-electron chi connectivity index (χ3n) is 4.51. The normalized spacial score (nSPS) is 24.9. The third kappa shape index (κ3) is 3.00. The summed E-state index contributed by atoms with van der Waals surface area (Å²) in [5.41, 5.74) is 4.95. The van der Waals surface area contributed by atoms with Gasteiger partial charge in [-0.2, -0.15) is 0 Å². The van der Waals surface area contributed by atoms with E-state index in [1.165, 1.54) is 48.5 Å². The monoisotopic (exact) mass is 397 g/mol. The molecular weight excluding hydrogens is 381 g/mol. The van der Waals surface area contributed by atoms with E-state index in [0.717, 1.165) is 0 Å². The molecule has 1 aliphatic carbocycles. The first-order valence-corrected chi connectivity index (χ1v) is 9.86. The van der Waals surface area contributed by atoms with Gasteiger partial charge in [0, 0.05) is 10.9 Å². The molecule has 1 saturated carbocycles. The van der Waals surface area contributed by atoms with Crippen LogP contribution in [0.3, 0.4) is 0 Å². The van der Waals surface area contributed by atoms with Crippen LogP contribution in [0.25, 0.3) is 0 Å². The lowest BCUT2D eigenvalue weighted by Gasteiger charge is -2.11. The Morgan fingerprint density at radius 3 is 2.31 bits per heavy atom. The van der Waals surface area contributed by atoms with Crippen LogP contribution < -0.4 is 5.73 Å². The molecule has 0 radical (unpaired) electrons. The van der Waals surface area contributed by atoms with Crippen molar-refractivity contribution >= 4 is 27.4 Å². The van der Waals surface area contributed by atoms with Crippen LogP contribution in [0.4, 0.5) is 4.39 Å². The average molecular weight is 398 g/mol. The molecule has 2 aromatic carbocycles. The van der Waals surface area contributed by atoms with Crippen LogP contribution in [-0.2, 0) is 19.4 Å². The van der Waals surface area contributed by atoms with Gasteiger partial charge < -0.3 is 10.5 Å². The lowest BCUT2D eigenvalue weighted by Crippen LogP contribution is -2.41. The van der Waals surface area contributed by atoms with Crippen LogP contribution in [0.5, 0.6) is 0 Å². The number of nitrogens with two attached hydrogens (primary N) is 1. The minimum Gasteiger partial charge on any atom is -0.465 e. The van der Waals surface area contributed by atoms with Gasteiger partial charge in [-0.05, 0) is 48.9 Å². The summed E-state index contributed by atoms with van der Waals surface area (Å²) in [6.45, 7) is 1.68. The lowest BCUT2D eigenvalue weighted by atomic mass is 10.1. The number of carbonyl (C=O) groups excluding carboxylic acids is 1. The number of benzene rings is 2. The molecule has 0 bridgehead atoms. The van der Waals surface area contributed by atoms with E-state index >= 15 is 0 Å². The van der Waals surface area contributed by atoms with Crippen molar-refractivity contribution < 1.29 is 22.3 Å². The van der Waals surface area contributed by atoms with Gasteiger partial charge in [-0.3, -0.25) is 0 Å². The first-order valence-electron chi connectivity index (χ1n) is 7.94. The Morgan fingerprint density at radius 1 is 1.19 bits per heavy atom. The van der Waals surface area contributed by atoms with Crippen LogP contribution in [0.1, 0.15) is 18.4 Å². The van der Waals surface area contributed by atoms with Crippen molar-refractivity contribution in [2.45, 2.75) is 28.5 Å². The van der Waals surface area contributed by atoms with E-state index in [1.54, 1.807) is 6.92 Å². The largest absolute Gasteiger partial charge is 0.465 e. The predicted octanol–water partition coefficient (Wildman–Crippen LogP) is 2.68. The van der Waals surface area contributed by atoms with Crippen molar-refractivity contribution in [1.29, 1.82) is 0 Å². The SMILES string of the molecule is CCOC(=O)C1(N)C(c2ccc(F)cc2)C1S(=O)(=O)c1ccc(Cl)cc1. The molecule has 3 atom stereocenters. The summed E-state index contributed by atoms with van der Waals surface area (Å²) in [4.78, 5) is 12.4. The molecule has 2 aromatic rings. The zero-order chi connectivity index (χ0) is 19.1. The maximum Gasteiger partial charge on any atom is 0.328 e. The molecule has 26 heavy (non-hydrogen) atoms. The second kappa shape index (κ2) is 6.64. The van der Waals surface area contributed by atoms with E-state index in [0.29, 0.717) is 10.6 Å². The van der Waals surface area contributed by atoms with Crippen LogP contribution >= 0.6 is 11.6 Å². The Balaban J connectivity index is 2.06. The molecule has 138 valence electrons. The van der Waals surface area contributed by atoms with E-state index in [4.69, 9.17) is 22.1 Å². The van der Waals surface area contributed by atoms with Crippen LogP contribution in [0, 0.1) is 5.82 Å². The topological polar surface area (TPSA) is 86.5 Å². The summed E-state index contributed by atoms with van der Waals surface area (Å²) in [6.07, 6.45) is 0. The highest BCUT2D eigenvalue weighted by Crippen LogP contribution is 2.56. The van der Waals surface area contributed by atoms with E-state index in [2.05, 4.69) is 0 Å². The number of hydrogen-bond acceptors (Lipinski definition) is 5. The van der Waals surface area contributed by atoms with Crippen molar-refractivity contribution in [3.63, 3.8) is 0 Å². The van der Waals surface area contributed by atoms with Gasteiger partial charge in [-0.15, -0.1) is 0 Å². The fraction of sp³-hybridized carbons (Fsp3) is 0.278. The molecule has 8 heteroatoms. The number of ether oxygens (including phenoxy) is 1. The molecule has 0 aromatic heterocycles. The highest BCUT2D eigenvalue weighted by molar-refractivity contribution is 7.92. The minimum atomic E-state index is -3.94. The van der Waals surface area contributed by atoms with Gasteiger partial charge >= 0.3 is 5.97 Å². The molecular formula is C18H17ClFNO4S. The van der Waals surface area contributed by atoms with Crippen LogP contribution in [0.2, 0.25) is 5.02 Å². The number of sulfone groups is 1. The second-order valence-corrected chi connectivity index (χ2v) is 8.61. The number of halogens is 2. The highest BCUT2D eigenvalue weighted by atomic mass is 35.5. The molecule has 0 amide bonds. The minimum absolute atomic E-state index is 0.00985. The average Bonchev–Trinajstić information content (AvgIpc) is 3.25. The molecule has 3 rings (SSSR count). The zero-order valence-electron chi connectivity index (χ0n) is 13.9. The number of hydrogen-bond donors (Lipinski definition) is 1. The quantitative estimate of drug-likeness (QED) is 0.784. The van der Waals surface area contributed by atoms with Crippen molar-refractivity contribution in [2.75, 3.05) is 6.61 Å². The molecule has 5 nitrogen and oxygen atoms in total. The van der Waals surface area contributed by atoms with Crippen molar-refractivity contribution in [3.8, 4) is 0 Å². The number of esters is 1. The Morgan fingerprint density at radius 2 is 1.77 bits per heavy atom. The fourth-order valence-corrected chi connectivity index (χ4v) is 5.55. The standard InChI is InChI=1S/C18H17ClFNO4S/c1-2-25-17(22)18(21)15(11-3-7-13(20)8-4-11)16(18)26(23,24)14-9-5-12(19)6-10-14/h3-10,15-16H,2,21H2,1H3. The molecule has 2 N–H and O–H groups in total. The molecule has 0 aliphatic heterocycles. The molecule has 0 spiro atoms. The van der Waals surface area contributed by atoms with Gasteiger partial charge in [0.1, 0.15) is 16.6 Å². The van der Waals surface area contributed by atoms with E-state index < -0.39 is 38.3 Å². The fourth-order valence-electron chi connectivity index (χ4n) is 3.20. The smallest absolute Gasteiger partial charge is 0.328 e. The Labute approximate surface area is 155 Å². The lowest BCUT2D eigenvalue weighted by molar-refractivity contribution is -0.145. The van der Waals surface area contributed by atoms with Crippen molar-refractivity contribution in [2.24, 2.45) is 5.73 Å². The molecule has 3 unspecified atom stereocenters. The van der Waals surface area contributed by atoms with Gasteiger partial charge in [-0.1, -0.05) is 23.7 Å². The van der Waals surface area contributed by atoms with Crippen LogP contribution in [-0.4, -0.2) is 31.8 Å². The first kappa shape index (κ1) is 18.8. The van der Waals surface area contributed by atoms with Gasteiger partial charge in [-0.25, -0.2) is 17.6 Å². The van der Waals surface area contributed by atoms with Gasteiger partial charge in [0.25, 0.3) is 0 Å². The van der Waals surface area contributed by atoms with E-state index in [9.17, 15) is 17.6 Å². The summed E-state index contributed by atoms with van der Waals surface area (Å²) >= 11 is 5.81. The third-order valence-corrected chi connectivity index (χ3v) is 7.03. The molecule has 1 aliphatic rings. The van der Waals surface area contributed by atoms with Gasteiger partial charge in [0.2, 0.25) is 0 Å². The van der Waals surface area contributed by atoms with Crippen molar-refractivity contribution in [1.82, 2.24) is 0 Å². The second-order valence-electron chi connectivity index (χ2n) is 6.10. The van der Waals surface area contributed by atoms with Crippen molar-refractivity contribution in [3.05, 3.63) is 64.9 Å². The molecule has 0 heterocycles. The number of rotatable bonds is 5. The van der Waals surface area contributed by atoms with Gasteiger partial charge in [0.05, 0.1) is 11.5 Å². The summed E-state index contributed by atoms with van der Waals surface area (Å²) in [7, 11) is -3.94. The first-order chi connectivity index (χ1) is 12.2. The summed E-state index contributed by atoms with van der Waals surface area (Å²) < 4.78 is 44.4. The molecule has 0 saturated heterocycles. The van der Waals surface area contributed by atoms with E-state index in [1.807, 2.05) is 0 Å². The maximum absolute atomic E-state index is 13.2.